The Bertz CT molecular complexity index is 280. The molecular weight excluding hydrogens is 184 g/mol. The first-order valence-corrected chi connectivity index (χ1v) is 4.67. The molecule has 0 aromatic heterocycles. The van der Waals surface area contributed by atoms with Crippen LogP contribution in [0.25, 0.3) is 0 Å². The van der Waals surface area contributed by atoms with Gasteiger partial charge in [0.2, 0.25) is 5.91 Å². The van der Waals surface area contributed by atoms with Gasteiger partial charge in [0.25, 0.3) is 5.91 Å². The third-order valence-corrected chi connectivity index (χ3v) is 2.68. The second-order valence-corrected chi connectivity index (χ2v) is 4.09. The molecule has 0 aromatic carbocycles. The Morgan fingerprint density at radius 2 is 2.00 bits per heavy atom. The van der Waals surface area contributed by atoms with Gasteiger partial charge in [0.05, 0.1) is 19.5 Å². The highest BCUT2D eigenvalue weighted by atomic mass is 16.3. The second-order valence-electron chi connectivity index (χ2n) is 4.09. The predicted octanol–water partition coefficient (Wildman–Crippen LogP) is -1.34. The third-order valence-electron chi connectivity index (χ3n) is 2.68. The molecule has 3 N–H and O–H groups in total. The monoisotopic (exact) mass is 197 g/mol. The summed E-state index contributed by atoms with van der Waals surface area (Å²) in [6.07, 6.45) is 3.79. The Morgan fingerprint density at radius 3 is 2.43 bits per heavy atom. The van der Waals surface area contributed by atoms with Gasteiger partial charge in [0, 0.05) is 0 Å². The van der Waals surface area contributed by atoms with Crippen LogP contribution in [0.3, 0.4) is 0 Å². The number of primary amides is 1. The minimum atomic E-state index is -1.49. The van der Waals surface area contributed by atoms with Gasteiger partial charge in [0.1, 0.15) is 0 Å². The molecule has 14 heavy (non-hydrogen) atoms. The maximum atomic E-state index is 11.4. The van der Waals surface area contributed by atoms with Gasteiger partial charge in [-0.3, -0.25) is 9.59 Å². The predicted molar refractivity (Wildman–Crippen MR) is 47.7 cm³/mol. The quantitative estimate of drug-likeness (QED) is 0.587. The summed E-state index contributed by atoms with van der Waals surface area (Å²) < 4.78 is 0. The van der Waals surface area contributed by atoms with Crippen molar-refractivity contribution < 1.29 is 14.7 Å². The molecule has 5 heteroatoms. The van der Waals surface area contributed by atoms with Gasteiger partial charge in [-0.05, 0) is 18.8 Å². The van der Waals surface area contributed by atoms with Crippen LogP contribution in [0, 0.1) is 12.3 Å². The van der Waals surface area contributed by atoms with E-state index in [9.17, 15) is 14.7 Å². The number of nitrogens with zero attached hydrogens (tertiary/aromatic N) is 1. The zero-order valence-corrected chi connectivity index (χ0v) is 7.77. The molecule has 0 spiro atoms. The summed E-state index contributed by atoms with van der Waals surface area (Å²) in [6.45, 7) is 0.0643. The first-order valence-electron chi connectivity index (χ1n) is 4.67. The van der Waals surface area contributed by atoms with Crippen molar-refractivity contribution in [2.75, 3.05) is 13.1 Å². The fourth-order valence-electron chi connectivity index (χ4n) is 1.47. The topological polar surface area (TPSA) is 83.6 Å². The zero-order valence-electron chi connectivity index (χ0n) is 7.77. The molecule has 77 valence electrons. The highest BCUT2D eigenvalue weighted by Gasteiger charge is 2.48. The Hall–Kier alpha value is -1.10. The Kier molecular flexibility index (Phi) is 1.99. The molecule has 0 unspecified atom stereocenters. The van der Waals surface area contributed by atoms with E-state index in [1.165, 1.54) is 4.90 Å². The molecule has 2 rings (SSSR count). The molecular formula is C9H13N2O3. The average Bonchev–Trinajstić information content (AvgIpc) is 2.81. The fourth-order valence-corrected chi connectivity index (χ4v) is 1.47. The molecule has 1 aliphatic heterocycles. The van der Waals surface area contributed by atoms with E-state index >= 15 is 0 Å². The number of nitrogens with two attached hydrogens (primary N) is 1. The Labute approximate surface area is 81.9 Å². The molecule has 0 atom stereocenters. The molecule has 1 saturated heterocycles. The highest BCUT2D eigenvalue weighted by Crippen LogP contribution is 2.33. The van der Waals surface area contributed by atoms with E-state index in [2.05, 4.69) is 0 Å². The largest absolute Gasteiger partial charge is 0.377 e. The van der Waals surface area contributed by atoms with Gasteiger partial charge in [-0.1, -0.05) is 0 Å². The van der Waals surface area contributed by atoms with Gasteiger partial charge in [-0.2, -0.15) is 0 Å². The van der Waals surface area contributed by atoms with Crippen LogP contribution < -0.4 is 5.73 Å². The number of aliphatic hydroxyl groups is 1. The SMILES string of the molecule is NC(=O)C1(O)CN(C(=O)[CH]C2CC2)C1. The van der Waals surface area contributed by atoms with Gasteiger partial charge in [-0.25, -0.2) is 0 Å². The van der Waals surface area contributed by atoms with Crippen LogP contribution in [-0.4, -0.2) is 40.5 Å². The number of rotatable bonds is 3. The number of β-amino-alcohol motifs (C(OH)–C–C–N with tert-alkyl or cyclic N) is 1. The maximum absolute atomic E-state index is 11.4. The Balaban J connectivity index is 1.81. The van der Waals surface area contributed by atoms with Gasteiger partial charge >= 0.3 is 0 Å². The molecule has 1 radical (unpaired) electrons. The first kappa shape index (κ1) is 9.45. The van der Waals surface area contributed by atoms with Crippen molar-refractivity contribution in [3.05, 3.63) is 6.42 Å². The van der Waals surface area contributed by atoms with E-state index in [1.807, 2.05) is 0 Å². The van der Waals surface area contributed by atoms with Crippen molar-refractivity contribution in [1.29, 1.82) is 0 Å². The van der Waals surface area contributed by atoms with Crippen LogP contribution in [0.4, 0.5) is 0 Å². The summed E-state index contributed by atoms with van der Waals surface area (Å²) in [6, 6.07) is 0. The lowest BCUT2D eigenvalue weighted by Gasteiger charge is -2.44. The number of likely N-dealkylation sites (tertiary alicyclic amines) is 1. The van der Waals surface area contributed by atoms with Crippen molar-refractivity contribution in [1.82, 2.24) is 4.90 Å². The van der Waals surface area contributed by atoms with Crippen molar-refractivity contribution in [2.24, 2.45) is 11.7 Å². The van der Waals surface area contributed by atoms with Crippen LogP contribution >= 0.6 is 0 Å². The molecule has 1 heterocycles. The van der Waals surface area contributed by atoms with E-state index in [0.29, 0.717) is 5.92 Å². The lowest BCUT2D eigenvalue weighted by Crippen LogP contribution is -2.69. The lowest BCUT2D eigenvalue weighted by atomic mass is 9.93. The summed E-state index contributed by atoms with van der Waals surface area (Å²) in [5.74, 6) is -0.448. The minimum Gasteiger partial charge on any atom is -0.377 e. The fraction of sp³-hybridized carbons (Fsp3) is 0.667. The van der Waals surface area contributed by atoms with E-state index in [4.69, 9.17) is 5.73 Å². The summed E-state index contributed by atoms with van der Waals surface area (Å²) >= 11 is 0. The number of amides is 2. The molecule has 2 amide bonds. The molecule has 2 fully saturated rings. The first-order chi connectivity index (χ1) is 6.51. The maximum Gasteiger partial charge on any atom is 0.253 e. The van der Waals surface area contributed by atoms with Gasteiger partial charge in [0.15, 0.2) is 5.60 Å². The molecule has 0 bridgehead atoms. The van der Waals surface area contributed by atoms with E-state index in [-0.39, 0.29) is 19.0 Å². The Morgan fingerprint density at radius 1 is 1.43 bits per heavy atom. The van der Waals surface area contributed by atoms with Crippen LogP contribution in [0.1, 0.15) is 12.8 Å². The highest BCUT2D eigenvalue weighted by molar-refractivity contribution is 5.91. The number of carbonyl (C=O) groups excluding carboxylic acids is 2. The summed E-state index contributed by atoms with van der Waals surface area (Å²) in [5.41, 5.74) is 3.48. The average molecular weight is 197 g/mol. The zero-order chi connectivity index (χ0) is 10.3. The van der Waals surface area contributed by atoms with Crippen LogP contribution in [0.15, 0.2) is 0 Å². The van der Waals surface area contributed by atoms with E-state index < -0.39 is 11.5 Å². The van der Waals surface area contributed by atoms with Crippen molar-refractivity contribution >= 4 is 11.8 Å². The summed E-state index contributed by atoms with van der Waals surface area (Å²) in [5, 5.41) is 9.47. The smallest absolute Gasteiger partial charge is 0.253 e. The van der Waals surface area contributed by atoms with Crippen molar-refractivity contribution in [3.63, 3.8) is 0 Å². The molecule has 2 aliphatic rings. The van der Waals surface area contributed by atoms with Crippen LogP contribution in [-0.2, 0) is 9.59 Å². The van der Waals surface area contributed by atoms with Crippen molar-refractivity contribution in [3.8, 4) is 0 Å². The second kappa shape index (κ2) is 2.95. The molecule has 0 aromatic rings. The van der Waals surface area contributed by atoms with E-state index in [0.717, 1.165) is 12.8 Å². The lowest BCUT2D eigenvalue weighted by molar-refractivity contribution is -0.164. The number of carbonyl (C=O) groups is 2. The third kappa shape index (κ3) is 1.59. The number of hydrogen-bond donors (Lipinski definition) is 2. The minimum absolute atomic E-state index is 0.0321. The normalized spacial score (nSPS) is 24.2. The standard InChI is InChI=1S/C9H13N2O3/c10-8(13)9(14)4-11(5-9)7(12)3-6-1-2-6/h3,6,14H,1-2,4-5H2,(H2,10,13). The van der Waals surface area contributed by atoms with E-state index in [1.54, 1.807) is 6.42 Å². The summed E-state index contributed by atoms with van der Waals surface area (Å²) in [4.78, 5) is 23.6. The molecule has 1 saturated carbocycles. The molecule has 5 nitrogen and oxygen atoms in total. The van der Waals surface area contributed by atoms with Gasteiger partial charge < -0.3 is 15.7 Å². The van der Waals surface area contributed by atoms with Crippen LogP contribution in [0.2, 0.25) is 0 Å². The number of hydrogen-bond acceptors (Lipinski definition) is 3. The molecule has 1 aliphatic carbocycles. The van der Waals surface area contributed by atoms with Gasteiger partial charge in [-0.15, -0.1) is 0 Å². The van der Waals surface area contributed by atoms with Crippen molar-refractivity contribution in [2.45, 2.75) is 18.4 Å². The van der Waals surface area contributed by atoms with Crippen LogP contribution in [0.5, 0.6) is 0 Å². The summed E-state index contributed by atoms with van der Waals surface area (Å²) in [7, 11) is 0.